The highest BCUT2D eigenvalue weighted by Crippen LogP contribution is 2.39. The molecule has 2 aromatic rings. The van der Waals surface area contributed by atoms with E-state index in [2.05, 4.69) is 17.1 Å². The van der Waals surface area contributed by atoms with E-state index >= 15 is 0 Å². The summed E-state index contributed by atoms with van der Waals surface area (Å²) in [5, 5.41) is 2.82. The van der Waals surface area contributed by atoms with E-state index in [0.29, 0.717) is 30.9 Å². The van der Waals surface area contributed by atoms with E-state index in [4.69, 9.17) is 23.2 Å². The van der Waals surface area contributed by atoms with Crippen molar-refractivity contribution < 1.29 is 18.0 Å². The average Bonchev–Trinajstić information content (AvgIpc) is 3.35. The molecular weight excluding hydrogens is 462 g/mol. The number of amides is 1. The van der Waals surface area contributed by atoms with E-state index in [1.165, 1.54) is 37.1 Å². The largest absolute Gasteiger partial charge is 0.418 e. The molecule has 0 radical (unpaired) electrons. The number of alkyl halides is 3. The fourth-order valence-corrected chi connectivity index (χ4v) is 5.22. The van der Waals surface area contributed by atoms with Gasteiger partial charge in [0.25, 0.3) is 5.91 Å². The van der Waals surface area contributed by atoms with Crippen LogP contribution in [0.1, 0.15) is 42.1 Å². The zero-order valence-corrected chi connectivity index (χ0v) is 19.1. The standard InChI is InChI=1S/C23H24Cl2F3N3O/c1-14-3-2-7-31(14)19-6-8-30(13-19)18-4-5-21(20(12-18)23(26,27)28)29-22(32)15-9-16(24)11-17(25)10-15/h4-5,9-12,14,19H,2-3,6-8,13H2,1H3,(H,29,32). The van der Waals surface area contributed by atoms with Gasteiger partial charge in [-0.05, 0) is 69.1 Å². The quantitative estimate of drug-likeness (QED) is 0.549. The monoisotopic (exact) mass is 485 g/mol. The van der Waals surface area contributed by atoms with Crippen molar-refractivity contribution in [2.45, 2.75) is 44.4 Å². The maximum absolute atomic E-state index is 13.8. The molecule has 1 amide bonds. The topological polar surface area (TPSA) is 35.6 Å². The molecule has 2 aliphatic heterocycles. The zero-order valence-electron chi connectivity index (χ0n) is 17.6. The maximum atomic E-state index is 13.8. The third-order valence-electron chi connectivity index (χ3n) is 6.28. The van der Waals surface area contributed by atoms with Crippen LogP contribution in [0.3, 0.4) is 0 Å². The Morgan fingerprint density at radius 1 is 1.06 bits per heavy atom. The van der Waals surface area contributed by atoms with Crippen LogP contribution in [-0.4, -0.2) is 42.5 Å². The van der Waals surface area contributed by atoms with Crippen molar-refractivity contribution >= 4 is 40.5 Å². The molecular formula is C23H24Cl2F3N3O. The van der Waals surface area contributed by atoms with Gasteiger partial charge < -0.3 is 10.2 Å². The van der Waals surface area contributed by atoms with Gasteiger partial charge in [-0.3, -0.25) is 9.69 Å². The van der Waals surface area contributed by atoms with E-state index in [0.717, 1.165) is 19.0 Å². The van der Waals surface area contributed by atoms with E-state index in [9.17, 15) is 18.0 Å². The third-order valence-corrected chi connectivity index (χ3v) is 6.72. The molecule has 0 saturated carbocycles. The summed E-state index contributed by atoms with van der Waals surface area (Å²) in [7, 11) is 0. The van der Waals surface area contributed by atoms with Gasteiger partial charge in [0.2, 0.25) is 0 Å². The summed E-state index contributed by atoms with van der Waals surface area (Å²) in [6, 6.07) is 9.09. The molecule has 2 aromatic carbocycles. The minimum atomic E-state index is -4.62. The van der Waals surface area contributed by atoms with E-state index < -0.39 is 17.6 Å². The summed E-state index contributed by atoms with van der Waals surface area (Å²) < 4.78 is 41.5. The number of likely N-dealkylation sites (tertiary alicyclic amines) is 1. The highest BCUT2D eigenvalue weighted by atomic mass is 35.5. The first-order chi connectivity index (χ1) is 15.1. The van der Waals surface area contributed by atoms with Gasteiger partial charge in [0, 0.05) is 46.5 Å². The molecule has 32 heavy (non-hydrogen) atoms. The SMILES string of the molecule is CC1CCCN1C1CCN(c2ccc(NC(=O)c3cc(Cl)cc(Cl)c3)c(C(F)(F)F)c2)C1. The number of nitrogens with one attached hydrogen (secondary N) is 1. The number of halogens is 5. The molecule has 0 aliphatic carbocycles. The smallest absolute Gasteiger partial charge is 0.370 e. The summed E-state index contributed by atoms with van der Waals surface area (Å²) in [6.07, 6.45) is -1.35. The molecule has 4 rings (SSSR count). The summed E-state index contributed by atoms with van der Waals surface area (Å²) >= 11 is 11.8. The first-order valence-corrected chi connectivity index (χ1v) is 11.4. The molecule has 2 fully saturated rings. The number of hydrogen-bond acceptors (Lipinski definition) is 3. The fraction of sp³-hybridized carbons (Fsp3) is 0.435. The Morgan fingerprint density at radius 3 is 2.41 bits per heavy atom. The number of rotatable bonds is 4. The van der Waals surface area contributed by atoms with Crippen LogP contribution >= 0.6 is 23.2 Å². The predicted octanol–water partition coefficient (Wildman–Crippen LogP) is 6.33. The van der Waals surface area contributed by atoms with E-state index in [1.54, 1.807) is 6.07 Å². The molecule has 2 unspecified atom stereocenters. The molecule has 9 heteroatoms. The number of anilines is 2. The first-order valence-electron chi connectivity index (χ1n) is 10.6. The molecule has 172 valence electrons. The molecule has 0 spiro atoms. The molecule has 0 aromatic heterocycles. The lowest BCUT2D eigenvalue weighted by atomic mass is 10.1. The lowest BCUT2D eigenvalue weighted by Gasteiger charge is -2.29. The van der Waals surface area contributed by atoms with Crippen LogP contribution in [0.25, 0.3) is 0 Å². The molecule has 4 nitrogen and oxygen atoms in total. The van der Waals surface area contributed by atoms with Crippen LogP contribution in [0.15, 0.2) is 36.4 Å². The number of benzene rings is 2. The Kier molecular flexibility index (Phi) is 6.61. The van der Waals surface area contributed by atoms with Crippen LogP contribution in [0, 0.1) is 0 Å². The van der Waals surface area contributed by atoms with Crippen LogP contribution in [0.4, 0.5) is 24.5 Å². The minimum absolute atomic E-state index is 0.0850. The second-order valence-corrected chi connectivity index (χ2v) is 9.33. The van der Waals surface area contributed by atoms with Crippen LogP contribution in [-0.2, 0) is 6.18 Å². The van der Waals surface area contributed by atoms with Gasteiger partial charge in [-0.25, -0.2) is 0 Å². The van der Waals surface area contributed by atoms with Gasteiger partial charge in [0.1, 0.15) is 0 Å². The van der Waals surface area contributed by atoms with Crippen LogP contribution in [0.2, 0.25) is 10.0 Å². The van der Waals surface area contributed by atoms with Crippen LogP contribution in [0.5, 0.6) is 0 Å². The van der Waals surface area contributed by atoms with E-state index in [1.807, 2.05) is 4.90 Å². The van der Waals surface area contributed by atoms with Gasteiger partial charge in [-0.2, -0.15) is 13.2 Å². The highest BCUT2D eigenvalue weighted by molar-refractivity contribution is 6.35. The molecule has 2 heterocycles. The first kappa shape index (κ1) is 23.2. The Morgan fingerprint density at radius 2 is 1.78 bits per heavy atom. The normalized spacial score (nSPS) is 21.9. The van der Waals surface area contributed by atoms with Gasteiger partial charge in [0.15, 0.2) is 0 Å². The fourth-order valence-electron chi connectivity index (χ4n) is 4.70. The number of carbonyl (C=O) groups is 1. The third kappa shape index (κ3) is 5.00. The van der Waals surface area contributed by atoms with Gasteiger partial charge in [-0.15, -0.1) is 0 Å². The van der Waals surface area contributed by atoms with Crippen molar-refractivity contribution in [2.75, 3.05) is 29.9 Å². The van der Waals surface area contributed by atoms with Crippen molar-refractivity contribution in [3.63, 3.8) is 0 Å². The maximum Gasteiger partial charge on any atom is 0.418 e. The molecule has 2 atom stereocenters. The van der Waals surface area contributed by atoms with Crippen molar-refractivity contribution in [3.8, 4) is 0 Å². The van der Waals surface area contributed by atoms with Crippen LogP contribution < -0.4 is 10.2 Å². The minimum Gasteiger partial charge on any atom is -0.370 e. The second-order valence-electron chi connectivity index (χ2n) is 8.46. The van der Waals surface area contributed by atoms with E-state index in [-0.39, 0.29) is 21.3 Å². The lowest BCUT2D eigenvalue weighted by Crippen LogP contribution is -2.39. The highest BCUT2D eigenvalue weighted by Gasteiger charge is 2.37. The van der Waals surface area contributed by atoms with Gasteiger partial charge in [0.05, 0.1) is 11.3 Å². The zero-order chi connectivity index (χ0) is 23.0. The van der Waals surface area contributed by atoms with Crippen molar-refractivity contribution in [3.05, 3.63) is 57.6 Å². The Balaban J connectivity index is 1.55. The Labute approximate surface area is 195 Å². The molecule has 2 aliphatic rings. The van der Waals surface area contributed by atoms with Crippen molar-refractivity contribution in [1.29, 1.82) is 0 Å². The number of hydrogen-bond donors (Lipinski definition) is 1. The summed E-state index contributed by atoms with van der Waals surface area (Å²) in [6.45, 7) is 4.67. The number of carbonyl (C=O) groups excluding carboxylic acids is 1. The van der Waals surface area contributed by atoms with Gasteiger partial charge in [-0.1, -0.05) is 23.2 Å². The number of nitrogens with zero attached hydrogens (tertiary/aromatic N) is 2. The average molecular weight is 486 g/mol. The van der Waals surface area contributed by atoms with Crippen molar-refractivity contribution in [2.24, 2.45) is 0 Å². The summed E-state index contributed by atoms with van der Waals surface area (Å²) in [5.41, 5.74) is -0.585. The summed E-state index contributed by atoms with van der Waals surface area (Å²) in [5.74, 6) is -0.711. The molecule has 0 bridgehead atoms. The lowest BCUT2D eigenvalue weighted by molar-refractivity contribution is -0.136. The second kappa shape index (κ2) is 9.12. The van der Waals surface area contributed by atoms with Crippen molar-refractivity contribution in [1.82, 2.24) is 4.90 Å². The van der Waals surface area contributed by atoms with Gasteiger partial charge >= 0.3 is 6.18 Å². The molecule has 1 N–H and O–H groups in total. The molecule has 2 saturated heterocycles. The summed E-state index contributed by atoms with van der Waals surface area (Å²) in [4.78, 5) is 17.0. The Hall–Kier alpha value is -1.96. The Bertz CT molecular complexity index is 994. The predicted molar refractivity (Wildman–Crippen MR) is 122 cm³/mol.